The van der Waals surface area contributed by atoms with Crippen molar-refractivity contribution in [3.05, 3.63) is 60.7 Å². The molecule has 0 atom stereocenters. The van der Waals surface area contributed by atoms with Crippen LogP contribution in [0.3, 0.4) is 0 Å². The molecule has 1 nitrogen and oxygen atoms in total. The minimum Gasteiger partial charge on any atom is -0.397 e. The lowest BCUT2D eigenvalue weighted by atomic mass is 10.2. The fraction of sp³-hybridized carbons (Fsp3) is 0.333. The van der Waals surface area contributed by atoms with E-state index in [1.54, 1.807) is 0 Å². The molecule has 1 N–H and O–H groups in total. The van der Waals surface area contributed by atoms with Crippen molar-refractivity contribution in [1.82, 2.24) is 0 Å². The van der Waals surface area contributed by atoms with E-state index < -0.39 is 8.07 Å². The van der Waals surface area contributed by atoms with E-state index in [0.717, 1.165) is 6.04 Å². The molecular formula is C18H24OSi. The summed E-state index contributed by atoms with van der Waals surface area (Å²) in [7, 11) is -2.00. The Bertz CT molecular complexity index is 489. The van der Waals surface area contributed by atoms with Crippen LogP contribution in [0.1, 0.15) is 20.8 Å². The number of rotatable bonds is 4. The summed E-state index contributed by atoms with van der Waals surface area (Å²) in [5, 5.41) is 12.7. The maximum atomic E-state index is 9.72. The molecule has 0 radical (unpaired) electrons. The first-order chi connectivity index (χ1) is 9.52. The molecule has 20 heavy (non-hydrogen) atoms. The number of aliphatic hydroxyl groups is 1. The van der Waals surface area contributed by atoms with Crippen LogP contribution in [0.25, 0.3) is 0 Å². The van der Waals surface area contributed by atoms with E-state index in [1.165, 1.54) is 10.4 Å². The minimum atomic E-state index is -2.00. The highest BCUT2D eigenvalue weighted by atomic mass is 28.3. The highest BCUT2D eigenvalue weighted by Crippen LogP contribution is 2.38. The van der Waals surface area contributed by atoms with Crippen LogP contribution in [0.5, 0.6) is 0 Å². The fourth-order valence-electron chi connectivity index (χ4n) is 3.31. The Hall–Kier alpha value is -1.38. The summed E-state index contributed by atoms with van der Waals surface area (Å²) in [5.41, 5.74) is 0. The van der Waals surface area contributed by atoms with Gasteiger partial charge in [0, 0.05) is 6.61 Å². The first kappa shape index (κ1) is 15.0. The zero-order valence-corrected chi connectivity index (χ0v) is 13.6. The topological polar surface area (TPSA) is 20.2 Å². The van der Waals surface area contributed by atoms with Crippen LogP contribution < -0.4 is 10.4 Å². The van der Waals surface area contributed by atoms with Gasteiger partial charge in [0.05, 0.1) is 0 Å². The Kier molecular flexibility index (Phi) is 4.46. The summed E-state index contributed by atoms with van der Waals surface area (Å²) in [6, 6.07) is 22.4. The molecule has 2 heteroatoms. The minimum absolute atomic E-state index is 0.151. The van der Waals surface area contributed by atoms with Gasteiger partial charge in [-0.2, -0.15) is 0 Å². The largest absolute Gasteiger partial charge is 0.397 e. The van der Waals surface area contributed by atoms with E-state index in [2.05, 4.69) is 81.4 Å². The number of hydrogen-bond acceptors (Lipinski definition) is 1. The van der Waals surface area contributed by atoms with Crippen molar-refractivity contribution < 1.29 is 5.11 Å². The second-order valence-electron chi connectivity index (χ2n) is 6.36. The van der Waals surface area contributed by atoms with Gasteiger partial charge in [-0.1, -0.05) is 91.8 Å². The standard InChI is InChI=1S/C18H24OSi/c1-18(2,3)20(15-14-19,16-10-6-4-7-11-16)17-12-8-5-9-13-17/h4-13,19H,14-15H2,1-3H3. The van der Waals surface area contributed by atoms with E-state index in [-0.39, 0.29) is 11.6 Å². The van der Waals surface area contributed by atoms with Crippen molar-refractivity contribution in [2.75, 3.05) is 6.61 Å². The van der Waals surface area contributed by atoms with Crippen LogP contribution in [0.15, 0.2) is 60.7 Å². The highest BCUT2D eigenvalue weighted by molar-refractivity contribution is 7.04. The molecule has 0 aliphatic rings. The monoisotopic (exact) mass is 284 g/mol. The van der Waals surface area contributed by atoms with E-state index in [0.29, 0.717) is 0 Å². The summed E-state index contributed by atoms with van der Waals surface area (Å²) in [5.74, 6) is 0. The summed E-state index contributed by atoms with van der Waals surface area (Å²) >= 11 is 0. The van der Waals surface area contributed by atoms with E-state index in [1.807, 2.05) is 0 Å². The van der Waals surface area contributed by atoms with Crippen LogP contribution in [-0.2, 0) is 0 Å². The zero-order valence-electron chi connectivity index (χ0n) is 12.6. The van der Waals surface area contributed by atoms with Crippen molar-refractivity contribution in [3.63, 3.8) is 0 Å². The second kappa shape index (κ2) is 5.94. The molecule has 0 aromatic heterocycles. The summed E-state index contributed by atoms with van der Waals surface area (Å²) in [4.78, 5) is 0. The van der Waals surface area contributed by atoms with Gasteiger partial charge >= 0.3 is 0 Å². The normalized spacial score (nSPS) is 12.4. The molecular weight excluding hydrogens is 260 g/mol. The van der Waals surface area contributed by atoms with Gasteiger partial charge in [0.15, 0.2) is 0 Å². The van der Waals surface area contributed by atoms with Crippen molar-refractivity contribution in [1.29, 1.82) is 0 Å². The Morgan fingerprint density at radius 2 is 1.20 bits per heavy atom. The molecule has 0 saturated carbocycles. The predicted octanol–water partition coefficient (Wildman–Crippen LogP) is 3.04. The highest BCUT2D eigenvalue weighted by Gasteiger charge is 2.46. The van der Waals surface area contributed by atoms with Gasteiger partial charge in [-0.3, -0.25) is 0 Å². The van der Waals surface area contributed by atoms with Gasteiger partial charge in [0.2, 0.25) is 0 Å². The van der Waals surface area contributed by atoms with Gasteiger partial charge in [0.1, 0.15) is 8.07 Å². The maximum Gasteiger partial charge on any atom is 0.125 e. The van der Waals surface area contributed by atoms with Crippen molar-refractivity contribution in [3.8, 4) is 0 Å². The molecule has 2 aromatic rings. The SMILES string of the molecule is CC(C)(C)[Si](CCO)(c1ccccc1)c1ccccc1. The third-order valence-electron chi connectivity index (χ3n) is 4.30. The summed E-state index contributed by atoms with van der Waals surface area (Å²) in [6.45, 7) is 7.19. The van der Waals surface area contributed by atoms with E-state index >= 15 is 0 Å². The Morgan fingerprint density at radius 3 is 1.50 bits per heavy atom. The first-order valence-corrected chi connectivity index (χ1v) is 9.45. The molecule has 2 aromatic carbocycles. The lowest BCUT2D eigenvalue weighted by Crippen LogP contribution is -2.64. The molecule has 0 aliphatic carbocycles. The number of hydrogen-bond donors (Lipinski definition) is 1. The molecule has 0 saturated heterocycles. The maximum absolute atomic E-state index is 9.72. The van der Waals surface area contributed by atoms with Gasteiger partial charge in [0.25, 0.3) is 0 Å². The van der Waals surface area contributed by atoms with Crippen molar-refractivity contribution in [2.24, 2.45) is 0 Å². The van der Waals surface area contributed by atoms with Gasteiger partial charge < -0.3 is 5.11 Å². The third-order valence-corrected chi connectivity index (χ3v) is 10.5. The molecule has 0 bridgehead atoms. The van der Waals surface area contributed by atoms with Crippen molar-refractivity contribution in [2.45, 2.75) is 31.9 Å². The van der Waals surface area contributed by atoms with Gasteiger partial charge in [-0.25, -0.2) is 0 Å². The van der Waals surface area contributed by atoms with Gasteiger partial charge in [-0.15, -0.1) is 0 Å². The molecule has 2 rings (SSSR count). The third kappa shape index (κ3) is 2.58. The van der Waals surface area contributed by atoms with Crippen molar-refractivity contribution >= 4 is 18.4 Å². The number of benzene rings is 2. The predicted molar refractivity (Wildman–Crippen MR) is 89.5 cm³/mol. The summed E-state index contributed by atoms with van der Waals surface area (Å²) < 4.78 is 0. The van der Waals surface area contributed by atoms with Crippen LogP contribution >= 0.6 is 0 Å². The average Bonchev–Trinajstić information content (AvgIpc) is 2.45. The molecule has 0 fully saturated rings. The zero-order chi connectivity index (χ0) is 14.6. The van der Waals surface area contributed by atoms with Crippen LogP contribution in [0.4, 0.5) is 0 Å². The van der Waals surface area contributed by atoms with Crippen LogP contribution in [-0.4, -0.2) is 19.8 Å². The first-order valence-electron chi connectivity index (χ1n) is 7.24. The second-order valence-corrected chi connectivity index (χ2v) is 11.3. The molecule has 0 spiro atoms. The molecule has 0 heterocycles. The lowest BCUT2D eigenvalue weighted by molar-refractivity contribution is 0.315. The van der Waals surface area contributed by atoms with E-state index in [9.17, 15) is 5.11 Å². The van der Waals surface area contributed by atoms with Crippen LogP contribution in [0, 0.1) is 0 Å². The molecule has 106 valence electrons. The molecule has 0 aliphatic heterocycles. The lowest BCUT2D eigenvalue weighted by Gasteiger charge is -2.44. The molecule has 0 unspecified atom stereocenters. The Balaban J connectivity index is 2.70. The number of aliphatic hydroxyl groups excluding tert-OH is 1. The van der Waals surface area contributed by atoms with Gasteiger partial charge in [-0.05, 0) is 11.1 Å². The van der Waals surface area contributed by atoms with Crippen LogP contribution in [0.2, 0.25) is 11.1 Å². The fourth-order valence-corrected chi connectivity index (χ4v) is 8.56. The molecule has 0 amide bonds. The van der Waals surface area contributed by atoms with E-state index in [4.69, 9.17) is 0 Å². The Morgan fingerprint density at radius 1 is 0.800 bits per heavy atom. The quantitative estimate of drug-likeness (QED) is 0.856. The Labute approximate surface area is 123 Å². The smallest absolute Gasteiger partial charge is 0.125 e. The average molecular weight is 284 g/mol. The summed E-state index contributed by atoms with van der Waals surface area (Å²) in [6.07, 6.45) is 0.